The van der Waals surface area contributed by atoms with Crippen molar-refractivity contribution in [3.63, 3.8) is 0 Å². The summed E-state index contributed by atoms with van der Waals surface area (Å²) in [5, 5.41) is 3.15. The third-order valence-electron chi connectivity index (χ3n) is 4.38. The molecule has 1 saturated heterocycles. The molecule has 0 spiro atoms. The van der Waals surface area contributed by atoms with Crippen molar-refractivity contribution in [1.82, 2.24) is 10.2 Å². The highest BCUT2D eigenvalue weighted by atomic mass is 35.5. The summed E-state index contributed by atoms with van der Waals surface area (Å²) in [6.07, 6.45) is 0.412. The van der Waals surface area contributed by atoms with Gasteiger partial charge >= 0.3 is 6.03 Å². The zero-order valence-electron chi connectivity index (χ0n) is 14.5. The molecule has 1 N–H and O–H groups in total. The number of nitrogens with zero attached hydrogens (tertiary/aromatic N) is 1. The Balaban J connectivity index is 1.61. The summed E-state index contributed by atoms with van der Waals surface area (Å²) in [5.41, 5.74) is -1.26. The minimum Gasteiger partial charge on any atom is -0.494 e. The van der Waals surface area contributed by atoms with Crippen molar-refractivity contribution in [2.24, 2.45) is 0 Å². The van der Waals surface area contributed by atoms with Crippen molar-refractivity contribution in [1.29, 1.82) is 0 Å². The van der Waals surface area contributed by atoms with E-state index in [2.05, 4.69) is 5.32 Å². The number of rotatable bonds is 6. The smallest absolute Gasteiger partial charge is 0.325 e. The normalized spacial score (nSPS) is 19.3. The first-order valence-corrected chi connectivity index (χ1v) is 8.67. The minimum atomic E-state index is -1.44. The average molecular weight is 395 g/mol. The van der Waals surface area contributed by atoms with Gasteiger partial charge in [0.15, 0.2) is 11.6 Å². The van der Waals surface area contributed by atoms with Crippen LogP contribution in [0.15, 0.2) is 42.5 Å². The summed E-state index contributed by atoms with van der Waals surface area (Å²) in [5.74, 6) is -1.99. The summed E-state index contributed by atoms with van der Waals surface area (Å²) < 4.78 is 32.2. The maximum atomic E-state index is 13.5. The van der Waals surface area contributed by atoms with Crippen LogP contribution in [-0.2, 0) is 10.3 Å². The number of carbonyl (C=O) groups is 2. The van der Waals surface area contributed by atoms with Crippen molar-refractivity contribution in [2.45, 2.75) is 18.9 Å². The molecule has 1 fully saturated rings. The van der Waals surface area contributed by atoms with Crippen molar-refractivity contribution < 1.29 is 23.1 Å². The second-order valence-corrected chi connectivity index (χ2v) is 6.73. The fourth-order valence-corrected chi connectivity index (χ4v) is 2.97. The standard InChI is InChI=1S/C19H17ClF2N2O3/c1-19(12-3-8-15(21)16(22)11-12)17(25)24(18(26)23-19)9-2-10-27-14-6-4-13(20)5-7-14/h3-8,11H,2,9-10H2,1H3,(H,23,26). The number of nitrogens with one attached hydrogen (secondary N) is 1. The summed E-state index contributed by atoms with van der Waals surface area (Å²) in [6.45, 7) is 1.89. The van der Waals surface area contributed by atoms with Crippen molar-refractivity contribution in [2.75, 3.05) is 13.2 Å². The molecule has 142 valence electrons. The molecule has 1 aliphatic heterocycles. The molecule has 2 aromatic carbocycles. The lowest BCUT2D eigenvalue weighted by molar-refractivity contribution is -0.131. The molecule has 3 amide bonds. The van der Waals surface area contributed by atoms with Crippen LogP contribution in [0.1, 0.15) is 18.9 Å². The lowest BCUT2D eigenvalue weighted by atomic mass is 9.92. The number of amides is 3. The highest BCUT2D eigenvalue weighted by molar-refractivity contribution is 6.30. The quantitative estimate of drug-likeness (QED) is 0.598. The van der Waals surface area contributed by atoms with Crippen LogP contribution in [0.4, 0.5) is 13.6 Å². The van der Waals surface area contributed by atoms with Crippen LogP contribution in [0.2, 0.25) is 5.02 Å². The number of urea groups is 1. The molecule has 1 unspecified atom stereocenters. The monoisotopic (exact) mass is 394 g/mol. The Hall–Kier alpha value is -2.67. The van der Waals surface area contributed by atoms with E-state index in [0.29, 0.717) is 23.8 Å². The lowest BCUT2D eigenvalue weighted by Crippen LogP contribution is -2.41. The molecule has 27 heavy (non-hydrogen) atoms. The molecular formula is C19H17ClF2N2O3. The molecule has 5 nitrogen and oxygen atoms in total. The number of hydrogen-bond donors (Lipinski definition) is 1. The van der Waals surface area contributed by atoms with Crippen molar-refractivity contribution >= 4 is 23.5 Å². The number of benzene rings is 2. The van der Waals surface area contributed by atoms with E-state index in [1.165, 1.54) is 13.0 Å². The van der Waals surface area contributed by atoms with Gasteiger partial charge in [0, 0.05) is 11.6 Å². The highest BCUT2D eigenvalue weighted by Gasteiger charge is 2.48. The summed E-state index contributed by atoms with van der Waals surface area (Å²) in [4.78, 5) is 26.0. The Morgan fingerprint density at radius 1 is 1.11 bits per heavy atom. The summed E-state index contributed by atoms with van der Waals surface area (Å²) >= 11 is 5.80. The van der Waals surface area contributed by atoms with Crippen LogP contribution in [-0.4, -0.2) is 30.0 Å². The van der Waals surface area contributed by atoms with Gasteiger partial charge < -0.3 is 10.1 Å². The zero-order chi connectivity index (χ0) is 19.6. The molecule has 0 radical (unpaired) electrons. The first-order chi connectivity index (χ1) is 12.8. The predicted octanol–water partition coefficient (Wildman–Crippen LogP) is 3.85. The molecule has 0 bridgehead atoms. The third kappa shape index (κ3) is 3.88. The Labute approximate surface area is 159 Å². The van der Waals surface area contributed by atoms with Gasteiger partial charge in [-0.05, 0) is 55.3 Å². The van der Waals surface area contributed by atoms with Crippen LogP contribution in [0.3, 0.4) is 0 Å². The van der Waals surface area contributed by atoms with Crippen LogP contribution in [0.5, 0.6) is 5.75 Å². The van der Waals surface area contributed by atoms with Gasteiger partial charge in [-0.15, -0.1) is 0 Å². The minimum absolute atomic E-state index is 0.136. The van der Waals surface area contributed by atoms with E-state index in [-0.39, 0.29) is 12.1 Å². The topological polar surface area (TPSA) is 58.6 Å². The van der Waals surface area contributed by atoms with E-state index < -0.39 is 29.1 Å². The Morgan fingerprint density at radius 3 is 2.48 bits per heavy atom. The Bertz CT molecular complexity index is 876. The zero-order valence-corrected chi connectivity index (χ0v) is 15.2. The van der Waals surface area contributed by atoms with E-state index in [0.717, 1.165) is 17.0 Å². The molecule has 8 heteroatoms. The fraction of sp³-hybridized carbons (Fsp3) is 0.263. The molecular weight excluding hydrogens is 378 g/mol. The van der Waals surface area contributed by atoms with Crippen molar-refractivity contribution in [3.05, 3.63) is 64.7 Å². The van der Waals surface area contributed by atoms with Gasteiger partial charge in [0.05, 0.1) is 6.61 Å². The summed E-state index contributed by atoms with van der Waals surface area (Å²) in [6, 6.07) is 9.37. The van der Waals surface area contributed by atoms with Gasteiger partial charge in [-0.1, -0.05) is 17.7 Å². The average Bonchev–Trinajstić information content (AvgIpc) is 2.86. The lowest BCUT2D eigenvalue weighted by Gasteiger charge is -2.22. The number of imide groups is 1. The van der Waals surface area contributed by atoms with E-state index in [1.54, 1.807) is 24.3 Å². The molecule has 0 saturated carbocycles. The predicted molar refractivity (Wildman–Crippen MR) is 95.5 cm³/mol. The maximum Gasteiger partial charge on any atom is 0.325 e. The van der Waals surface area contributed by atoms with Crippen LogP contribution >= 0.6 is 11.6 Å². The van der Waals surface area contributed by atoms with Gasteiger partial charge in [0.1, 0.15) is 11.3 Å². The molecule has 2 aromatic rings. The number of ether oxygens (including phenoxy) is 1. The van der Waals surface area contributed by atoms with E-state index in [4.69, 9.17) is 16.3 Å². The SMILES string of the molecule is CC1(c2ccc(F)c(F)c2)NC(=O)N(CCCOc2ccc(Cl)cc2)C1=O. The Kier molecular flexibility index (Phi) is 5.32. The number of halogens is 3. The van der Waals surface area contributed by atoms with Crippen LogP contribution < -0.4 is 10.1 Å². The van der Waals surface area contributed by atoms with Gasteiger partial charge in [-0.3, -0.25) is 9.69 Å². The van der Waals surface area contributed by atoms with Gasteiger partial charge in [-0.25, -0.2) is 13.6 Å². The first-order valence-electron chi connectivity index (χ1n) is 8.29. The molecule has 0 aliphatic carbocycles. The van der Waals surface area contributed by atoms with E-state index in [1.807, 2.05) is 0 Å². The van der Waals surface area contributed by atoms with Crippen LogP contribution in [0, 0.1) is 11.6 Å². The largest absolute Gasteiger partial charge is 0.494 e. The third-order valence-corrected chi connectivity index (χ3v) is 4.63. The first kappa shape index (κ1) is 19.1. The van der Waals surface area contributed by atoms with Crippen LogP contribution in [0.25, 0.3) is 0 Å². The molecule has 1 atom stereocenters. The van der Waals surface area contributed by atoms with E-state index in [9.17, 15) is 18.4 Å². The highest BCUT2D eigenvalue weighted by Crippen LogP contribution is 2.29. The number of carbonyl (C=O) groups excluding carboxylic acids is 2. The number of hydrogen-bond acceptors (Lipinski definition) is 3. The fourth-order valence-electron chi connectivity index (χ4n) is 2.85. The molecule has 1 aliphatic rings. The van der Waals surface area contributed by atoms with Gasteiger partial charge in [0.25, 0.3) is 5.91 Å². The van der Waals surface area contributed by atoms with E-state index >= 15 is 0 Å². The maximum absolute atomic E-state index is 13.5. The molecule has 3 rings (SSSR count). The summed E-state index contributed by atoms with van der Waals surface area (Å²) in [7, 11) is 0. The molecule has 0 aromatic heterocycles. The molecule has 1 heterocycles. The van der Waals surface area contributed by atoms with Crippen molar-refractivity contribution in [3.8, 4) is 5.75 Å². The van der Waals surface area contributed by atoms with Gasteiger partial charge in [-0.2, -0.15) is 0 Å². The Morgan fingerprint density at radius 2 is 1.81 bits per heavy atom. The second-order valence-electron chi connectivity index (χ2n) is 6.30. The second kappa shape index (κ2) is 7.52. The van der Waals surface area contributed by atoms with Gasteiger partial charge in [0.2, 0.25) is 0 Å².